The predicted molar refractivity (Wildman–Crippen MR) is 161 cm³/mol. The molecule has 240 valence electrons. The SMILES string of the molecule is [2H]C([2H])([2H])c1noc(N(COC)S(=O)(=O)c2ccsc2C(=O)Cl)c1C([2H])([2H])[2H].[2H]C([2H])([2H])c1noc(N(COC)S(=O)(=O)c2ccsc2C(=O)O)c1C([2H])([2H])[2H]. The lowest BCUT2D eigenvalue weighted by atomic mass is 10.3. The molecule has 4 aromatic rings. The molecule has 4 aromatic heterocycles. The van der Waals surface area contributed by atoms with Crippen LogP contribution in [0.15, 0.2) is 41.7 Å². The average molecular weight is 723 g/mol. The lowest BCUT2D eigenvalue weighted by Crippen LogP contribution is -2.33. The molecule has 1 N–H and O–H groups in total. The number of hydrogen-bond acceptors (Lipinski definition) is 14. The Labute approximate surface area is 282 Å². The Morgan fingerprint density at radius 2 is 1.30 bits per heavy atom. The van der Waals surface area contributed by atoms with Gasteiger partial charge in [-0.3, -0.25) is 4.79 Å². The molecule has 0 saturated heterocycles. The van der Waals surface area contributed by atoms with Gasteiger partial charge in [0.25, 0.3) is 25.3 Å². The van der Waals surface area contributed by atoms with Crippen LogP contribution in [0.2, 0.25) is 0 Å². The highest BCUT2D eigenvalue weighted by Gasteiger charge is 2.35. The molecule has 0 aromatic carbocycles. The molecular weight excluding hydrogens is 684 g/mol. The van der Waals surface area contributed by atoms with Crippen LogP contribution in [-0.2, 0) is 29.5 Å². The minimum atomic E-state index is -4.69. The molecule has 0 unspecified atom stereocenters. The first kappa shape index (κ1) is 21.4. The number of carboxylic acid groups (broad SMARTS) is 1. The van der Waals surface area contributed by atoms with Crippen molar-refractivity contribution in [2.75, 3.05) is 36.3 Å². The molecule has 15 nitrogen and oxygen atoms in total. The van der Waals surface area contributed by atoms with E-state index in [9.17, 15) is 31.5 Å². The normalized spacial score (nSPS) is 16.8. The molecule has 0 spiro atoms. The van der Waals surface area contributed by atoms with Crippen molar-refractivity contribution in [2.45, 2.75) is 37.2 Å². The number of aromatic carboxylic acids is 1. The molecule has 4 rings (SSSR count). The molecular formula is C24H27ClN4O11S4. The summed E-state index contributed by atoms with van der Waals surface area (Å²) in [5.74, 6) is -3.26. The Balaban J connectivity index is 0.000000300. The van der Waals surface area contributed by atoms with E-state index in [4.69, 9.17) is 46.6 Å². The highest BCUT2D eigenvalue weighted by Crippen LogP contribution is 2.33. The van der Waals surface area contributed by atoms with Crippen LogP contribution in [0.5, 0.6) is 0 Å². The number of carboxylic acids is 1. The number of carbonyl (C=O) groups is 2. The van der Waals surface area contributed by atoms with E-state index >= 15 is 0 Å². The zero-order valence-electron chi connectivity index (χ0n) is 34.1. The Hall–Kier alpha value is -3.33. The largest absolute Gasteiger partial charge is 0.477 e. The summed E-state index contributed by atoms with van der Waals surface area (Å²) in [6, 6.07) is 2.11. The monoisotopic (exact) mass is 722 g/mol. The van der Waals surface area contributed by atoms with Gasteiger partial charge in [-0.15, -0.1) is 22.7 Å². The molecule has 20 heteroatoms. The standard InChI is InChI=1S/C12H13ClN2O5S2.C12H14N2O6S2/c1-7-8(2)14-20-12(7)15(6-19-3)22(17,18)9-4-5-21-10(9)11(13)16;1-7-8(2)13-20-11(7)14(6-19-3)22(17,18)9-4-5-21-10(9)12(15)16/h4-5H,6H2,1-3H3;4-5H,6H2,1-3H3,(H,15,16)/i2*1D3,2D3. The lowest BCUT2D eigenvalue weighted by molar-refractivity contribution is 0.0698. The van der Waals surface area contributed by atoms with Gasteiger partial charge >= 0.3 is 5.97 Å². The summed E-state index contributed by atoms with van der Waals surface area (Å²) in [6.45, 7) is -13.7. The van der Waals surface area contributed by atoms with Crippen molar-refractivity contribution in [3.05, 3.63) is 55.2 Å². The Bertz CT molecular complexity index is 2120. The topological polar surface area (TPSA) is 200 Å². The van der Waals surface area contributed by atoms with Gasteiger partial charge in [-0.25, -0.2) is 30.2 Å². The van der Waals surface area contributed by atoms with Crippen molar-refractivity contribution < 1.29 is 66.5 Å². The molecule has 0 fully saturated rings. The van der Waals surface area contributed by atoms with E-state index in [0.717, 1.165) is 37.7 Å². The van der Waals surface area contributed by atoms with Crippen LogP contribution in [0.1, 0.15) is 58.3 Å². The molecule has 0 radical (unpaired) electrons. The third-order valence-corrected chi connectivity index (χ3v) is 10.9. The number of halogens is 1. The molecule has 4 heterocycles. The van der Waals surface area contributed by atoms with Gasteiger partial charge in [-0.2, -0.15) is 0 Å². The first-order valence-corrected chi connectivity index (χ1v) is 16.1. The predicted octanol–water partition coefficient (Wildman–Crippen LogP) is 4.38. The first-order valence-electron chi connectivity index (χ1n) is 17.1. The third-order valence-electron chi connectivity index (χ3n) is 5.06. The number of aryl methyl sites for hydroxylation is 2. The van der Waals surface area contributed by atoms with Gasteiger partial charge < -0.3 is 23.6 Å². The molecule has 0 aliphatic carbocycles. The summed E-state index contributed by atoms with van der Waals surface area (Å²) in [5, 5.41) is 17.2. The molecule has 0 amide bonds. The van der Waals surface area contributed by atoms with Crippen LogP contribution >= 0.6 is 34.3 Å². The highest BCUT2D eigenvalue weighted by atomic mass is 35.5. The van der Waals surface area contributed by atoms with E-state index in [2.05, 4.69) is 10.3 Å². The number of sulfonamides is 2. The number of aromatic nitrogens is 2. The van der Waals surface area contributed by atoms with Gasteiger partial charge in [0.05, 0.1) is 11.4 Å². The minimum Gasteiger partial charge on any atom is -0.477 e. The summed E-state index contributed by atoms with van der Waals surface area (Å²) in [6.07, 6.45) is 0. The highest BCUT2D eigenvalue weighted by molar-refractivity contribution is 7.93. The molecule has 0 aliphatic rings. The van der Waals surface area contributed by atoms with E-state index in [0.29, 0.717) is 19.9 Å². The summed E-state index contributed by atoms with van der Waals surface area (Å²) in [5.41, 5.74) is -3.66. The van der Waals surface area contributed by atoms with Crippen LogP contribution in [0.25, 0.3) is 0 Å². The van der Waals surface area contributed by atoms with E-state index in [-0.39, 0.29) is 4.88 Å². The molecule has 0 aliphatic heterocycles. The van der Waals surface area contributed by atoms with Gasteiger partial charge in [0.2, 0.25) is 11.8 Å². The maximum Gasteiger partial charge on any atom is 0.347 e. The smallest absolute Gasteiger partial charge is 0.347 e. The van der Waals surface area contributed by atoms with Crippen molar-refractivity contribution in [3.8, 4) is 0 Å². The Morgan fingerprint density at radius 1 is 0.864 bits per heavy atom. The van der Waals surface area contributed by atoms with Crippen molar-refractivity contribution in [1.29, 1.82) is 0 Å². The number of hydrogen-bond donors (Lipinski definition) is 1. The van der Waals surface area contributed by atoms with Crippen LogP contribution in [-0.4, -0.2) is 71.1 Å². The van der Waals surface area contributed by atoms with E-state index in [1.54, 1.807) is 0 Å². The fourth-order valence-electron chi connectivity index (χ4n) is 3.15. The number of thiophene rings is 2. The number of nitrogens with zero attached hydrogens (tertiary/aromatic N) is 4. The fourth-order valence-corrected chi connectivity index (χ4v) is 8.55. The molecule has 0 bridgehead atoms. The Morgan fingerprint density at radius 3 is 1.66 bits per heavy atom. The lowest BCUT2D eigenvalue weighted by Gasteiger charge is -2.20. The van der Waals surface area contributed by atoms with Gasteiger partial charge in [0, 0.05) is 41.8 Å². The van der Waals surface area contributed by atoms with E-state index in [1.807, 2.05) is 0 Å². The van der Waals surface area contributed by atoms with Crippen molar-refractivity contribution in [2.24, 2.45) is 0 Å². The number of anilines is 2. The van der Waals surface area contributed by atoms with Crippen molar-refractivity contribution in [3.63, 3.8) is 0 Å². The first-order chi connectivity index (χ1) is 25.4. The maximum atomic E-state index is 13.1. The van der Waals surface area contributed by atoms with Gasteiger partial charge in [-0.1, -0.05) is 10.3 Å². The quantitative estimate of drug-likeness (QED) is 0.160. The van der Waals surface area contributed by atoms with Gasteiger partial charge in [0.15, 0.2) is 0 Å². The number of ether oxygens (including phenoxy) is 2. The van der Waals surface area contributed by atoms with Crippen LogP contribution in [0.4, 0.5) is 11.8 Å². The van der Waals surface area contributed by atoms with Crippen LogP contribution in [0.3, 0.4) is 0 Å². The maximum absolute atomic E-state index is 13.1. The number of carbonyl (C=O) groups excluding carboxylic acids is 1. The van der Waals surface area contributed by atoms with E-state index < -0.39 is 121 Å². The number of rotatable bonds is 12. The summed E-state index contributed by atoms with van der Waals surface area (Å²) >= 11 is 6.81. The summed E-state index contributed by atoms with van der Waals surface area (Å²) in [7, 11) is -7.08. The molecule has 0 atom stereocenters. The fraction of sp³-hybridized carbons (Fsp3) is 0.333. The summed E-state index contributed by atoms with van der Waals surface area (Å²) in [4.78, 5) is 20.8. The van der Waals surface area contributed by atoms with E-state index in [1.165, 1.54) is 10.8 Å². The molecule has 0 saturated carbocycles. The third kappa shape index (κ3) is 6.98. The van der Waals surface area contributed by atoms with Crippen LogP contribution in [0, 0.1) is 27.4 Å². The zero-order chi connectivity index (χ0) is 43.0. The second kappa shape index (κ2) is 14.2. The average Bonchev–Trinajstić information content (AvgIpc) is 3.86. The van der Waals surface area contributed by atoms with Gasteiger partial charge in [0.1, 0.15) is 33.0 Å². The van der Waals surface area contributed by atoms with Crippen LogP contribution < -0.4 is 8.61 Å². The van der Waals surface area contributed by atoms with Gasteiger partial charge in [-0.05, 0) is 61.9 Å². The zero-order valence-corrected chi connectivity index (χ0v) is 26.1. The Kier molecular flexibility index (Phi) is 6.90. The minimum absolute atomic E-state index is 0.311. The van der Waals surface area contributed by atoms with Crippen molar-refractivity contribution in [1.82, 2.24) is 10.3 Å². The summed E-state index contributed by atoms with van der Waals surface area (Å²) < 4.78 is 162. The van der Waals surface area contributed by atoms with Crippen molar-refractivity contribution >= 4 is 77.3 Å². The second-order valence-electron chi connectivity index (χ2n) is 7.77. The molecule has 44 heavy (non-hydrogen) atoms. The second-order valence-corrected chi connectivity index (χ2v) is 13.6. The number of methoxy groups -OCH3 is 2.